The first-order valence-corrected chi connectivity index (χ1v) is 7.23. The van der Waals surface area contributed by atoms with Gasteiger partial charge in [-0.05, 0) is 31.1 Å². The highest BCUT2D eigenvalue weighted by atomic mass is 16.2. The van der Waals surface area contributed by atoms with Gasteiger partial charge in [0.05, 0.1) is 12.5 Å². The van der Waals surface area contributed by atoms with Crippen LogP contribution < -0.4 is 5.32 Å². The second-order valence-electron chi connectivity index (χ2n) is 5.86. The number of nitrogens with zero attached hydrogens (tertiary/aromatic N) is 2. The Morgan fingerprint density at radius 1 is 1.25 bits per heavy atom. The third-order valence-corrected chi connectivity index (χ3v) is 4.70. The number of hydrogen-bond donors (Lipinski definition) is 2. The zero-order chi connectivity index (χ0) is 14.0. The zero-order valence-electron chi connectivity index (χ0n) is 11.5. The maximum Gasteiger partial charge on any atom is 0.271 e. The van der Waals surface area contributed by atoms with Crippen LogP contribution in [-0.2, 0) is 4.79 Å². The molecule has 0 atom stereocenters. The van der Waals surface area contributed by atoms with E-state index in [0.29, 0.717) is 12.1 Å². The Morgan fingerprint density at radius 3 is 2.75 bits per heavy atom. The summed E-state index contributed by atoms with van der Waals surface area (Å²) in [7, 11) is 0. The highest BCUT2D eigenvalue weighted by Crippen LogP contribution is 2.40. The molecule has 2 saturated heterocycles. The molecule has 108 valence electrons. The Kier molecular flexibility index (Phi) is 3.46. The number of rotatable bonds is 1. The molecule has 0 aliphatic carbocycles. The van der Waals surface area contributed by atoms with Crippen molar-refractivity contribution in [2.24, 2.45) is 5.41 Å². The van der Waals surface area contributed by atoms with Crippen LogP contribution in [-0.4, -0.2) is 46.3 Å². The molecule has 3 heterocycles. The molecule has 2 fully saturated rings. The Labute approximate surface area is 117 Å². The fourth-order valence-electron chi connectivity index (χ4n) is 3.29. The number of nitrogens with one attached hydrogen (secondary N) is 2. The molecular weight excluding hydrogens is 256 g/mol. The van der Waals surface area contributed by atoms with Crippen molar-refractivity contribution in [1.29, 1.82) is 0 Å². The molecule has 2 aliphatic heterocycles. The molecule has 0 aromatic carbocycles. The van der Waals surface area contributed by atoms with Gasteiger partial charge in [0.1, 0.15) is 5.69 Å². The number of amides is 2. The number of likely N-dealkylation sites (tertiary alicyclic amines) is 1. The van der Waals surface area contributed by atoms with Crippen LogP contribution in [0, 0.1) is 5.41 Å². The fourth-order valence-corrected chi connectivity index (χ4v) is 3.29. The molecule has 0 unspecified atom stereocenters. The quantitative estimate of drug-likeness (QED) is 0.801. The number of hydrogen-bond acceptors (Lipinski definition) is 3. The molecular formula is C14H20N4O2. The van der Waals surface area contributed by atoms with Gasteiger partial charge < -0.3 is 15.2 Å². The average molecular weight is 276 g/mol. The lowest BCUT2D eigenvalue weighted by atomic mass is 9.73. The molecule has 1 aromatic heterocycles. The summed E-state index contributed by atoms with van der Waals surface area (Å²) in [6.45, 7) is 2.31. The number of carbonyl (C=O) groups excluding carboxylic acids is 2. The maximum atomic E-state index is 12.2. The second-order valence-corrected chi connectivity index (χ2v) is 5.86. The summed E-state index contributed by atoms with van der Waals surface area (Å²) in [6.07, 6.45) is 7.68. The SMILES string of the molecule is O=C1CCC2(CCN1)CCN(C(=O)c1cnc[nH]1)CC2. The number of piperidine rings is 1. The molecule has 3 rings (SSSR count). The number of aromatic amines is 1. The second kappa shape index (κ2) is 5.26. The number of imidazole rings is 1. The van der Waals surface area contributed by atoms with Gasteiger partial charge in [-0.25, -0.2) is 4.98 Å². The average Bonchev–Trinajstić information content (AvgIpc) is 2.94. The first-order valence-electron chi connectivity index (χ1n) is 7.23. The van der Waals surface area contributed by atoms with E-state index in [2.05, 4.69) is 15.3 Å². The Hall–Kier alpha value is -1.85. The summed E-state index contributed by atoms with van der Waals surface area (Å²) in [5, 5.41) is 2.94. The summed E-state index contributed by atoms with van der Waals surface area (Å²) in [6, 6.07) is 0. The smallest absolute Gasteiger partial charge is 0.271 e. The topological polar surface area (TPSA) is 78.1 Å². The molecule has 6 nitrogen and oxygen atoms in total. The van der Waals surface area contributed by atoms with E-state index in [-0.39, 0.29) is 17.2 Å². The molecule has 2 N–H and O–H groups in total. The molecule has 0 bridgehead atoms. The van der Waals surface area contributed by atoms with E-state index < -0.39 is 0 Å². The van der Waals surface area contributed by atoms with Crippen molar-refractivity contribution >= 4 is 11.8 Å². The van der Waals surface area contributed by atoms with Crippen molar-refractivity contribution < 1.29 is 9.59 Å². The van der Waals surface area contributed by atoms with Crippen LogP contribution in [0.1, 0.15) is 42.6 Å². The predicted molar refractivity (Wildman–Crippen MR) is 73.0 cm³/mol. The van der Waals surface area contributed by atoms with Crippen molar-refractivity contribution in [3.8, 4) is 0 Å². The summed E-state index contributed by atoms with van der Waals surface area (Å²) in [5.74, 6) is 0.193. The van der Waals surface area contributed by atoms with Crippen molar-refractivity contribution in [3.05, 3.63) is 18.2 Å². The van der Waals surface area contributed by atoms with E-state index in [9.17, 15) is 9.59 Å². The highest BCUT2D eigenvalue weighted by molar-refractivity contribution is 5.92. The molecule has 6 heteroatoms. The predicted octanol–water partition coefficient (Wildman–Crippen LogP) is 0.932. The monoisotopic (exact) mass is 276 g/mol. The fraction of sp³-hybridized carbons (Fsp3) is 0.643. The van der Waals surface area contributed by atoms with E-state index in [1.807, 2.05) is 4.90 Å². The van der Waals surface area contributed by atoms with Crippen LogP contribution in [0.2, 0.25) is 0 Å². The molecule has 2 aliphatic rings. The van der Waals surface area contributed by atoms with Crippen LogP contribution in [0.25, 0.3) is 0 Å². The van der Waals surface area contributed by atoms with E-state index >= 15 is 0 Å². The molecule has 2 amide bonds. The van der Waals surface area contributed by atoms with Crippen LogP contribution in [0.15, 0.2) is 12.5 Å². The third-order valence-electron chi connectivity index (χ3n) is 4.70. The largest absolute Gasteiger partial charge is 0.356 e. The molecule has 1 aromatic rings. The normalized spacial score (nSPS) is 22.4. The summed E-state index contributed by atoms with van der Waals surface area (Å²) >= 11 is 0. The van der Waals surface area contributed by atoms with E-state index in [1.54, 1.807) is 6.20 Å². The first kappa shape index (κ1) is 13.1. The van der Waals surface area contributed by atoms with Gasteiger partial charge in [0.25, 0.3) is 5.91 Å². The molecule has 20 heavy (non-hydrogen) atoms. The Morgan fingerprint density at radius 2 is 2.05 bits per heavy atom. The van der Waals surface area contributed by atoms with Crippen molar-refractivity contribution in [2.75, 3.05) is 19.6 Å². The first-order chi connectivity index (χ1) is 9.69. The summed E-state index contributed by atoms with van der Waals surface area (Å²) in [4.78, 5) is 32.3. The molecule has 0 radical (unpaired) electrons. The summed E-state index contributed by atoms with van der Waals surface area (Å²) in [5.41, 5.74) is 0.794. The number of aromatic nitrogens is 2. The van der Waals surface area contributed by atoms with E-state index in [4.69, 9.17) is 0 Å². The maximum absolute atomic E-state index is 12.2. The van der Waals surface area contributed by atoms with Gasteiger partial charge >= 0.3 is 0 Å². The van der Waals surface area contributed by atoms with Gasteiger partial charge in [-0.3, -0.25) is 9.59 Å². The van der Waals surface area contributed by atoms with Gasteiger partial charge in [-0.1, -0.05) is 0 Å². The Balaban J connectivity index is 1.61. The number of carbonyl (C=O) groups is 2. The lowest BCUT2D eigenvalue weighted by molar-refractivity contribution is -0.121. The van der Waals surface area contributed by atoms with Crippen molar-refractivity contribution in [1.82, 2.24) is 20.2 Å². The lowest BCUT2D eigenvalue weighted by Crippen LogP contribution is -2.43. The zero-order valence-corrected chi connectivity index (χ0v) is 11.5. The molecule has 0 saturated carbocycles. The highest BCUT2D eigenvalue weighted by Gasteiger charge is 2.37. The minimum Gasteiger partial charge on any atom is -0.356 e. The van der Waals surface area contributed by atoms with Gasteiger partial charge in [-0.15, -0.1) is 0 Å². The van der Waals surface area contributed by atoms with E-state index in [1.165, 1.54) is 6.33 Å². The van der Waals surface area contributed by atoms with Crippen molar-refractivity contribution in [2.45, 2.75) is 32.1 Å². The summed E-state index contributed by atoms with van der Waals surface area (Å²) < 4.78 is 0. The van der Waals surface area contributed by atoms with Crippen LogP contribution >= 0.6 is 0 Å². The number of H-pyrrole nitrogens is 1. The van der Waals surface area contributed by atoms with Crippen molar-refractivity contribution in [3.63, 3.8) is 0 Å². The Bertz CT molecular complexity index is 489. The minimum atomic E-state index is 0.0279. The van der Waals surface area contributed by atoms with Gasteiger partial charge in [0.15, 0.2) is 0 Å². The third kappa shape index (κ3) is 2.55. The minimum absolute atomic E-state index is 0.0279. The van der Waals surface area contributed by atoms with Crippen LogP contribution in [0.5, 0.6) is 0 Å². The molecule has 1 spiro atoms. The van der Waals surface area contributed by atoms with E-state index in [0.717, 1.165) is 45.3 Å². The van der Waals surface area contributed by atoms with Gasteiger partial charge in [0, 0.05) is 26.1 Å². The van der Waals surface area contributed by atoms with Gasteiger partial charge in [-0.2, -0.15) is 0 Å². The van der Waals surface area contributed by atoms with Crippen LogP contribution in [0.4, 0.5) is 0 Å². The standard InChI is InChI=1S/C14H20N4O2/c19-12-1-2-14(3-6-16-12)4-7-18(8-5-14)13(20)11-9-15-10-17-11/h9-10H,1-8H2,(H,15,17)(H,16,19). The lowest BCUT2D eigenvalue weighted by Gasteiger charge is -2.41. The van der Waals surface area contributed by atoms with Gasteiger partial charge in [0.2, 0.25) is 5.91 Å². The van der Waals surface area contributed by atoms with Crippen LogP contribution in [0.3, 0.4) is 0 Å².